The normalized spacial score (nSPS) is 12.9. The van der Waals surface area contributed by atoms with Gasteiger partial charge in [-0.25, -0.2) is 4.98 Å². The first-order valence-electron chi connectivity index (χ1n) is 4.80. The van der Waals surface area contributed by atoms with Crippen molar-refractivity contribution in [1.82, 2.24) is 14.9 Å². The van der Waals surface area contributed by atoms with Crippen LogP contribution in [-0.4, -0.2) is 22.9 Å². The van der Waals surface area contributed by atoms with Crippen LogP contribution in [0.4, 0.5) is 0 Å². The molecule has 4 heteroatoms. The molecule has 1 atom stereocenters. The van der Waals surface area contributed by atoms with Crippen molar-refractivity contribution < 1.29 is 4.79 Å². The zero-order valence-corrected chi connectivity index (χ0v) is 8.77. The van der Waals surface area contributed by atoms with Crippen molar-refractivity contribution in [2.75, 3.05) is 7.05 Å². The predicted molar refractivity (Wildman–Crippen MR) is 58.6 cm³/mol. The summed E-state index contributed by atoms with van der Waals surface area (Å²) in [6.45, 7) is 0. The summed E-state index contributed by atoms with van der Waals surface area (Å²) in [6.07, 6.45) is 2.66. The highest BCUT2D eigenvalue weighted by atomic mass is 16.1. The average molecular weight is 203 g/mol. The standard InChI is InChI=1S/C11H13N3O/c1-12-10(6-15)8-3-4-11-9(5-8)13-7-14(11)2/h3-7,10,12H,1-2H3. The molecule has 0 aliphatic carbocycles. The molecule has 15 heavy (non-hydrogen) atoms. The summed E-state index contributed by atoms with van der Waals surface area (Å²) in [5, 5.41) is 2.94. The molecular formula is C11H13N3O. The summed E-state index contributed by atoms with van der Waals surface area (Å²) in [5.41, 5.74) is 2.93. The fourth-order valence-electron chi connectivity index (χ4n) is 1.66. The van der Waals surface area contributed by atoms with Crippen LogP contribution in [0.1, 0.15) is 11.6 Å². The third-order valence-electron chi connectivity index (χ3n) is 2.56. The highest BCUT2D eigenvalue weighted by Gasteiger charge is 2.09. The molecule has 1 aromatic heterocycles. The second kappa shape index (κ2) is 3.82. The molecule has 0 aliphatic heterocycles. The van der Waals surface area contributed by atoms with E-state index in [0.717, 1.165) is 22.9 Å². The Morgan fingerprint density at radius 2 is 2.33 bits per heavy atom. The molecule has 0 saturated heterocycles. The molecule has 0 radical (unpaired) electrons. The van der Waals surface area contributed by atoms with Crippen molar-refractivity contribution in [3.05, 3.63) is 30.1 Å². The molecule has 2 aromatic rings. The molecule has 0 bridgehead atoms. The van der Waals surface area contributed by atoms with E-state index in [-0.39, 0.29) is 6.04 Å². The van der Waals surface area contributed by atoms with E-state index < -0.39 is 0 Å². The summed E-state index contributed by atoms with van der Waals surface area (Å²) in [4.78, 5) is 15.0. The van der Waals surface area contributed by atoms with Crippen LogP contribution in [-0.2, 0) is 11.8 Å². The minimum Gasteiger partial charge on any atom is -0.334 e. The molecule has 0 fully saturated rings. The number of rotatable bonds is 3. The number of carbonyl (C=O) groups excluding carboxylic acids is 1. The number of aldehydes is 1. The van der Waals surface area contributed by atoms with Crippen molar-refractivity contribution in [2.45, 2.75) is 6.04 Å². The number of hydrogen-bond donors (Lipinski definition) is 1. The van der Waals surface area contributed by atoms with E-state index in [4.69, 9.17) is 0 Å². The SMILES string of the molecule is CNC(C=O)c1ccc2c(c1)ncn2C. The lowest BCUT2D eigenvalue weighted by molar-refractivity contribution is -0.109. The van der Waals surface area contributed by atoms with Gasteiger partial charge in [0, 0.05) is 7.05 Å². The van der Waals surface area contributed by atoms with Gasteiger partial charge in [-0.1, -0.05) is 6.07 Å². The fraction of sp³-hybridized carbons (Fsp3) is 0.273. The number of imidazole rings is 1. The van der Waals surface area contributed by atoms with Gasteiger partial charge in [0.05, 0.1) is 23.4 Å². The molecular weight excluding hydrogens is 190 g/mol. The van der Waals surface area contributed by atoms with Crippen molar-refractivity contribution in [3.63, 3.8) is 0 Å². The summed E-state index contributed by atoms with van der Waals surface area (Å²) < 4.78 is 1.95. The Labute approximate surface area is 87.9 Å². The van der Waals surface area contributed by atoms with Crippen LogP contribution in [0.2, 0.25) is 0 Å². The van der Waals surface area contributed by atoms with Crippen molar-refractivity contribution in [1.29, 1.82) is 0 Å². The van der Waals surface area contributed by atoms with Gasteiger partial charge in [0.2, 0.25) is 0 Å². The van der Waals surface area contributed by atoms with E-state index in [1.54, 1.807) is 13.4 Å². The topological polar surface area (TPSA) is 46.9 Å². The van der Waals surface area contributed by atoms with Gasteiger partial charge in [-0.15, -0.1) is 0 Å². The van der Waals surface area contributed by atoms with Crippen molar-refractivity contribution in [2.24, 2.45) is 7.05 Å². The maximum absolute atomic E-state index is 10.8. The quantitative estimate of drug-likeness (QED) is 0.758. The Kier molecular flexibility index (Phi) is 2.51. The third-order valence-corrected chi connectivity index (χ3v) is 2.56. The van der Waals surface area contributed by atoms with Crippen LogP contribution in [0.3, 0.4) is 0 Å². The predicted octanol–water partition coefficient (Wildman–Crippen LogP) is 1.03. The second-order valence-electron chi connectivity index (χ2n) is 3.51. The van der Waals surface area contributed by atoms with Gasteiger partial charge in [-0.05, 0) is 24.7 Å². The number of fused-ring (bicyclic) bond motifs is 1. The summed E-state index contributed by atoms with van der Waals surface area (Å²) in [7, 11) is 3.71. The molecule has 1 heterocycles. The first kappa shape index (κ1) is 9.86. The van der Waals surface area contributed by atoms with E-state index >= 15 is 0 Å². The van der Waals surface area contributed by atoms with Crippen LogP contribution in [0, 0.1) is 0 Å². The van der Waals surface area contributed by atoms with Gasteiger partial charge in [-0.3, -0.25) is 0 Å². The summed E-state index contributed by atoms with van der Waals surface area (Å²) in [5.74, 6) is 0. The number of aryl methyl sites for hydroxylation is 1. The van der Waals surface area contributed by atoms with Crippen molar-refractivity contribution >= 4 is 17.3 Å². The Morgan fingerprint density at radius 3 is 3.00 bits per heavy atom. The largest absolute Gasteiger partial charge is 0.334 e. The van der Waals surface area contributed by atoms with Gasteiger partial charge in [-0.2, -0.15) is 0 Å². The first-order valence-corrected chi connectivity index (χ1v) is 4.80. The van der Waals surface area contributed by atoms with Gasteiger partial charge in [0.15, 0.2) is 0 Å². The Morgan fingerprint density at radius 1 is 1.53 bits per heavy atom. The first-order chi connectivity index (χ1) is 7.26. The lowest BCUT2D eigenvalue weighted by Crippen LogP contribution is -2.17. The number of carbonyl (C=O) groups is 1. The number of nitrogens with zero attached hydrogens (tertiary/aromatic N) is 2. The van der Waals surface area contributed by atoms with Gasteiger partial charge in [0.1, 0.15) is 6.29 Å². The van der Waals surface area contributed by atoms with Gasteiger partial charge in [0.25, 0.3) is 0 Å². The Bertz CT molecular complexity index is 490. The van der Waals surface area contributed by atoms with Crippen LogP contribution < -0.4 is 5.32 Å². The van der Waals surface area contributed by atoms with E-state index in [1.807, 2.05) is 29.8 Å². The lowest BCUT2D eigenvalue weighted by Gasteiger charge is -2.08. The average Bonchev–Trinajstić information content (AvgIpc) is 2.62. The van der Waals surface area contributed by atoms with Crippen LogP contribution in [0.25, 0.3) is 11.0 Å². The smallest absolute Gasteiger partial charge is 0.141 e. The number of aromatic nitrogens is 2. The van der Waals surface area contributed by atoms with E-state index in [9.17, 15) is 4.79 Å². The number of nitrogens with one attached hydrogen (secondary N) is 1. The highest BCUT2D eigenvalue weighted by molar-refractivity contribution is 5.77. The van der Waals surface area contributed by atoms with Crippen LogP contribution in [0.5, 0.6) is 0 Å². The zero-order valence-electron chi connectivity index (χ0n) is 8.77. The Hall–Kier alpha value is -1.68. The molecule has 0 saturated carbocycles. The second-order valence-corrected chi connectivity index (χ2v) is 3.51. The molecule has 78 valence electrons. The maximum atomic E-state index is 10.8. The van der Waals surface area contributed by atoms with Gasteiger partial charge >= 0.3 is 0 Å². The highest BCUT2D eigenvalue weighted by Crippen LogP contribution is 2.17. The molecule has 4 nitrogen and oxygen atoms in total. The molecule has 1 aromatic carbocycles. The summed E-state index contributed by atoms with van der Waals surface area (Å²) in [6, 6.07) is 5.60. The van der Waals surface area contributed by atoms with Crippen molar-refractivity contribution in [3.8, 4) is 0 Å². The maximum Gasteiger partial charge on any atom is 0.141 e. The van der Waals surface area contributed by atoms with E-state index in [2.05, 4.69) is 10.3 Å². The third kappa shape index (κ3) is 1.64. The molecule has 0 spiro atoms. The lowest BCUT2D eigenvalue weighted by atomic mass is 10.1. The molecule has 1 unspecified atom stereocenters. The molecule has 0 amide bonds. The van der Waals surface area contributed by atoms with Gasteiger partial charge < -0.3 is 14.7 Å². The number of benzene rings is 1. The summed E-state index contributed by atoms with van der Waals surface area (Å²) >= 11 is 0. The van der Waals surface area contributed by atoms with E-state index in [0.29, 0.717) is 0 Å². The zero-order chi connectivity index (χ0) is 10.8. The van der Waals surface area contributed by atoms with E-state index in [1.165, 1.54) is 0 Å². The number of likely N-dealkylation sites (N-methyl/N-ethyl adjacent to an activating group) is 1. The minimum atomic E-state index is -0.253. The fourth-order valence-corrected chi connectivity index (χ4v) is 1.66. The van der Waals surface area contributed by atoms with Crippen LogP contribution in [0.15, 0.2) is 24.5 Å². The monoisotopic (exact) mass is 203 g/mol. The molecule has 0 aliphatic rings. The minimum absolute atomic E-state index is 0.253. The molecule has 1 N–H and O–H groups in total. The number of hydrogen-bond acceptors (Lipinski definition) is 3. The van der Waals surface area contributed by atoms with Crippen LogP contribution >= 0.6 is 0 Å². The Balaban J connectivity index is 2.51. The molecule has 2 rings (SSSR count).